The maximum absolute atomic E-state index is 13.0. The van der Waals surface area contributed by atoms with Crippen LogP contribution >= 0.6 is 0 Å². The van der Waals surface area contributed by atoms with E-state index >= 15 is 0 Å². The molecule has 3 heterocycles. The van der Waals surface area contributed by atoms with Crippen LogP contribution in [0.2, 0.25) is 0 Å². The molecule has 0 radical (unpaired) electrons. The Labute approximate surface area is 150 Å². The molecule has 5 N–H and O–H groups in total. The number of nitrogens with two attached hydrogens (primary N) is 1. The van der Waals surface area contributed by atoms with Gasteiger partial charge in [-0.1, -0.05) is 6.42 Å². The lowest BCUT2D eigenvalue weighted by Crippen LogP contribution is -2.64. The quantitative estimate of drug-likeness (QED) is 0.638. The van der Waals surface area contributed by atoms with Crippen LogP contribution in [-0.4, -0.2) is 26.2 Å². The van der Waals surface area contributed by atoms with Crippen molar-refractivity contribution >= 4 is 23.2 Å². The van der Waals surface area contributed by atoms with Crippen LogP contribution in [0.25, 0.3) is 0 Å². The summed E-state index contributed by atoms with van der Waals surface area (Å²) >= 11 is 0. The largest absolute Gasteiger partial charge is 0.384 e. The average Bonchev–Trinajstić information content (AvgIpc) is 2.59. The number of carbonyl (C=O) groups is 1. The molecule has 2 aliphatic rings. The molecule has 2 aromatic heterocycles. The number of aryl methyl sites for hydroxylation is 1. The maximum atomic E-state index is 13.0. The zero-order valence-corrected chi connectivity index (χ0v) is 14.5. The third-order valence-corrected chi connectivity index (χ3v) is 4.94. The van der Waals surface area contributed by atoms with Gasteiger partial charge in [-0.25, -0.2) is 14.6 Å². The van der Waals surface area contributed by atoms with Crippen molar-refractivity contribution in [2.75, 3.05) is 16.5 Å². The summed E-state index contributed by atoms with van der Waals surface area (Å²) in [5, 5.41) is 6.04. The summed E-state index contributed by atoms with van der Waals surface area (Å²) in [6, 6.07) is 3.19. The number of anilines is 3. The molecule has 9 heteroatoms. The Kier molecular flexibility index (Phi) is 3.78. The van der Waals surface area contributed by atoms with Crippen molar-refractivity contribution in [3.8, 4) is 0 Å². The Morgan fingerprint density at radius 2 is 1.96 bits per heavy atom. The summed E-state index contributed by atoms with van der Waals surface area (Å²) in [5.74, 6) is 0.496. The number of carbonyl (C=O) groups excluding carboxylic acids is 1. The van der Waals surface area contributed by atoms with Crippen molar-refractivity contribution in [1.82, 2.24) is 20.0 Å². The second kappa shape index (κ2) is 6.01. The van der Waals surface area contributed by atoms with E-state index in [0.717, 1.165) is 32.1 Å². The van der Waals surface area contributed by atoms with Crippen molar-refractivity contribution in [1.29, 1.82) is 0 Å². The van der Waals surface area contributed by atoms with E-state index in [0.29, 0.717) is 28.6 Å². The van der Waals surface area contributed by atoms with E-state index in [1.807, 2.05) is 0 Å². The number of aromatic nitrogens is 3. The minimum Gasteiger partial charge on any atom is -0.384 e. The zero-order chi connectivity index (χ0) is 18.3. The molecule has 1 aliphatic heterocycles. The normalized spacial score (nSPS) is 18.0. The SMILES string of the molecule is Cc1cc(Nc2cc(N)ncn2)c(=O)n2c1C(=O)NC1(CCCCC1)N2. The van der Waals surface area contributed by atoms with E-state index in [1.165, 1.54) is 11.0 Å². The van der Waals surface area contributed by atoms with Crippen LogP contribution in [0.5, 0.6) is 0 Å². The molecule has 0 atom stereocenters. The Morgan fingerprint density at radius 1 is 1.19 bits per heavy atom. The molecule has 0 unspecified atom stereocenters. The summed E-state index contributed by atoms with van der Waals surface area (Å²) in [5.41, 5.74) is 9.37. The van der Waals surface area contributed by atoms with Gasteiger partial charge in [0.1, 0.15) is 35.0 Å². The first-order valence-corrected chi connectivity index (χ1v) is 8.69. The topological polar surface area (TPSA) is 127 Å². The second-order valence-electron chi connectivity index (χ2n) is 6.89. The number of nitrogen functional groups attached to an aromatic ring is 1. The van der Waals surface area contributed by atoms with Gasteiger partial charge < -0.3 is 16.4 Å². The third kappa shape index (κ3) is 2.75. The van der Waals surface area contributed by atoms with Crippen LogP contribution in [0, 0.1) is 6.92 Å². The number of fused-ring (bicyclic) bond motifs is 1. The number of amides is 1. The summed E-state index contributed by atoms with van der Waals surface area (Å²) in [6.45, 7) is 1.80. The highest BCUT2D eigenvalue weighted by Crippen LogP contribution is 2.30. The second-order valence-corrected chi connectivity index (χ2v) is 6.89. The van der Waals surface area contributed by atoms with Gasteiger partial charge in [0.2, 0.25) is 0 Å². The van der Waals surface area contributed by atoms with Gasteiger partial charge in [0.05, 0.1) is 0 Å². The first-order chi connectivity index (χ1) is 12.5. The van der Waals surface area contributed by atoms with Crippen LogP contribution in [0.15, 0.2) is 23.3 Å². The summed E-state index contributed by atoms with van der Waals surface area (Å²) < 4.78 is 1.37. The van der Waals surface area contributed by atoms with Crippen LogP contribution in [0.4, 0.5) is 17.3 Å². The Bertz CT molecular complexity index is 931. The van der Waals surface area contributed by atoms with Gasteiger partial charge >= 0.3 is 0 Å². The number of rotatable bonds is 2. The molecule has 4 rings (SSSR count). The fraction of sp³-hybridized carbons (Fsp3) is 0.412. The molecule has 136 valence electrons. The number of pyridine rings is 1. The van der Waals surface area contributed by atoms with Crippen LogP contribution in [-0.2, 0) is 0 Å². The van der Waals surface area contributed by atoms with Crippen molar-refractivity contribution in [3.05, 3.63) is 40.1 Å². The lowest BCUT2D eigenvalue weighted by Gasteiger charge is -2.43. The minimum atomic E-state index is -0.559. The molecule has 1 fully saturated rings. The highest BCUT2D eigenvalue weighted by molar-refractivity contribution is 5.96. The monoisotopic (exact) mass is 355 g/mol. The Balaban J connectivity index is 1.76. The predicted molar refractivity (Wildman–Crippen MR) is 97.8 cm³/mol. The Morgan fingerprint density at radius 3 is 2.69 bits per heavy atom. The van der Waals surface area contributed by atoms with E-state index in [9.17, 15) is 9.59 Å². The van der Waals surface area contributed by atoms with Gasteiger partial charge in [-0.15, -0.1) is 0 Å². The van der Waals surface area contributed by atoms with Crippen LogP contribution in [0.3, 0.4) is 0 Å². The van der Waals surface area contributed by atoms with Crippen LogP contribution < -0.4 is 27.4 Å². The fourth-order valence-corrected chi connectivity index (χ4v) is 3.71. The van der Waals surface area contributed by atoms with Crippen molar-refractivity contribution in [2.45, 2.75) is 44.7 Å². The number of hydrogen-bond acceptors (Lipinski definition) is 7. The smallest absolute Gasteiger partial charge is 0.293 e. The van der Waals surface area contributed by atoms with Gasteiger partial charge in [0.15, 0.2) is 0 Å². The average molecular weight is 355 g/mol. The summed E-state index contributed by atoms with van der Waals surface area (Å²) in [6.07, 6.45) is 6.07. The molecule has 0 saturated heterocycles. The van der Waals surface area contributed by atoms with Gasteiger partial charge in [-0.05, 0) is 44.2 Å². The summed E-state index contributed by atoms with van der Waals surface area (Å²) in [4.78, 5) is 33.6. The molecule has 0 bridgehead atoms. The molecule has 1 saturated carbocycles. The van der Waals surface area contributed by atoms with E-state index < -0.39 is 5.66 Å². The molecule has 1 amide bonds. The van der Waals surface area contributed by atoms with E-state index in [-0.39, 0.29) is 11.5 Å². The van der Waals surface area contributed by atoms with Crippen LogP contribution in [0.1, 0.15) is 48.2 Å². The maximum Gasteiger partial charge on any atom is 0.293 e. The van der Waals surface area contributed by atoms with Gasteiger partial charge in [0, 0.05) is 6.07 Å². The Hall–Kier alpha value is -3.10. The van der Waals surface area contributed by atoms with Gasteiger partial charge in [-0.2, -0.15) is 0 Å². The number of nitrogens with one attached hydrogen (secondary N) is 3. The molecule has 2 aromatic rings. The van der Waals surface area contributed by atoms with E-state index in [1.54, 1.807) is 19.1 Å². The lowest BCUT2D eigenvalue weighted by atomic mass is 9.88. The predicted octanol–water partition coefficient (Wildman–Crippen LogP) is 1.22. The molecular weight excluding hydrogens is 334 g/mol. The van der Waals surface area contributed by atoms with Crippen molar-refractivity contribution in [3.63, 3.8) is 0 Å². The number of hydrogen-bond donors (Lipinski definition) is 4. The first-order valence-electron chi connectivity index (χ1n) is 8.69. The minimum absolute atomic E-state index is 0.224. The standard InChI is InChI=1S/C17H21N7O2/c1-10-7-11(21-13-8-12(18)19-9-20-13)16(26)24-14(10)15(25)22-17(23-24)5-3-2-4-6-17/h7-9,23H,2-6H2,1H3,(H,22,25)(H3,18,19,20,21). The van der Waals surface area contributed by atoms with E-state index in [2.05, 4.69) is 26.0 Å². The van der Waals surface area contributed by atoms with Crippen molar-refractivity contribution < 1.29 is 4.79 Å². The van der Waals surface area contributed by atoms with Gasteiger partial charge in [0.25, 0.3) is 11.5 Å². The molecule has 9 nitrogen and oxygen atoms in total. The fourth-order valence-electron chi connectivity index (χ4n) is 3.71. The molecule has 1 spiro atoms. The zero-order valence-electron chi connectivity index (χ0n) is 14.5. The molecule has 0 aromatic carbocycles. The summed E-state index contributed by atoms with van der Waals surface area (Å²) in [7, 11) is 0. The molecule has 1 aliphatic carbocycles. The highest BCUT2D eigenvalue weighted by atomic mass is 16.2. The first kappa shape index (κ1) is 16.4. The van der Waals surface area contributed by atoms with Gasteiger partial charge in [-0.3, -0.25) is 15.0 Å². The third-order valence-electron chi connectivity index (χ3n) is 4.94. The molecule has 26 heavy (non-hydrogen) atoms. The lowest BCUT2D eigenvalue weighted by molar-refractivity contribution is 0.0833. The van der Waals surface area contributed by atoms with E-state index in [4.69, 9.17) is 5.73 Å². The highest BCUT2D eigenvalue weighted by Gasteiger charge is 2.40. The molecular formula is C17H21N7O2. The van der Waals surface area contributed by atoms with Crippen molar-refractivity contribution in [2.24, 2.45) is 0 Å². The number of nitrogens with zero attached hydrogens (tertiary/aromatic N) is 3.